The van der Waals surface area contributed by atoms with Crippen LogP contribution in [-0.4, -0.2) is 46.7 Å². The average Bonchev–Trinajstić information content (AvgIpc) is 2.18. The van der Waals surface area contributed by atoms with Gasteiger partial charge in [-0.1, -0.05) is 0 Å². The smallest absolute Gasteiger partial charge is 0.267 e. The molecule has 1 fully saturated rings. The summed E-state index contributed by atoms with van der Waals surface area (Å²) < 4.78 is 137. The molecule has 0 N–H and O–H groups in total. The second kappa shape index (κ2) is 3.97. The molecule has 0 aliphatic carbocycles. The van der Waals surface area contributed by atoms with Crippen LogP contribution in [0, 0.1) is 0 Å². The number of β-lactam (4-membered cyclic amide) rings is 2. The van der Waals surface area contributed by atoms with E-state index < -0.39 is 46.7 Å². The standard InChI is InChI=1S/C7F11NO2/c8-3(9)1(20)19(2(3)21)4(5(10,11)12,6(13,14)15)7(16,17)18. The van der Waals surface area contributed by atoms with Crippen LogP contribution in [0.2, 0.25) is 0 Å². The molecule has 122 valence electrons. The molecule has 0 aromatic rings. The third kappa shape index (κ3) is 1.87. The highest BCUT2D eigenvalue weighted by Crippen LogP contribution is 2.59. The lowest BCUT2D eigenvalue weighted by Gasteiger charge is -2.49. The van der Waals surface area contributed by atoms with Crippen LogP contribution in [0.25, 0.3) is 0 Å². The second-order valence-electron chi connectivity index (χ2n) is 3.72. The van der Waals surface area contributed by atoms with Gasteiger partial charge in [-0.05, 0) is 0 Å². The Labute approximate surface area is 106 Å². The molecular formula is C7F11NO2. The maximum Gasteiger partial charge on any atom is 0.430 e. The van der Waals surface area contributed by atoms with E-state index in [0.29, 0.717) is 0 Å². The minimum absolute atomic E-state index is 2.55. The van der Waals surface area contributed by atoms with Crippen molar-refractivity contribution in [1.82, 2.24) is 4.90 Å². The largest absolute Gasteiger partial charge is 0.430 e. The van der Waals surface area contributed by atoms with Crippen molar-refractivity contribution in [3.8, 4) is 0 Å². The van der Waals surface area contributed by atoms with Crippen LogP contribution in [0.1, 0.15) is 0 Å². The lowest BCUT2D eigenvalue weighted by atomic mass is 9.88. The molecule has 1 saturated heterocycles. The van der Waals surface area contributed by atoms with E-state index in [9.17, 15) is 57.9 Å². The van der Waals surface area contributed by atoms with E-state index in [0.717, 1.165) is 0 Å². The van der Waals surface area contributed by atoms with Gasteiger partial charge < -0.3 is 0 Å². The molecule has 0 saturated carbocycles. The summed E-state index contributed by atoms with van der Waals surface area (Å²) in [5.41, 5.74) is -7.04. The average molecular weight is 339 g/mol. The van der Waals surface area contributed by atoms with Crippen LogP contribution in [0.3, 0.4) is 0 Å². The molecule has 0 bridgehead atoms. The van der Waals surface area contributed by atoms with Crippen molar-refractivity contribution in [3.63, 3.8) is 0 Å². The fourth-order valence-electron chi connectivity index (χ4n) is 1.58. The van der Waals surface area contributed by atoms with Crippen LogP contribution in [0.5, 0.6) is 0 Å². The minimum Gasteiger partial charge on any atom is -0.267 e. The van der Waals surface area contributed by atoms with Gasteiger partial charge >= 0.3 is 41.8 Å². The fraction of sp³-hybridized carbons (Fsp3) is 0.714. The number of alkyl halides is 11. The van der Waals surface area contributed by atoms with E-state index in [1.807, 2.05) is 0 Å². The number of rotatable bonds is 1. The quantitative estimate of drug-likeness (QED) is 0.418. The van der Waals surface area contributed by atoms with Crippen molar-refractivity contribution in [2.24, 2.45) is 0 Å². The first kappa shape index (κ1) is 17.4. The summed E-state index contributed by atoms with van der Waals surface area (Å²) in [5, 5.41) is 0. The first-order valence-electron chi connectivity index (χ1n) is 4.41. The normalized spacial score (nSPS) is 20.6. The van der Waals surface area contributed by atoms with Crippen molar-refractivity contribution in [2.45, 2.75) is 30.0 Å². The van der Waals surface area contributed by atoms with E-state index in [1.54, 1.807) is 0 Å². The number of carbonyl (C=O) groups is 2. The molecule has 1 rings (SSSR count). The third-order valence-corrected chi connectivity index (χ3v) is 2.51. The Balaban J connectivity index is 3.71. The first-order valence-corrected chi connectivity index (χ1v) is 4.41. The molecule has 1 aliphatic rings. The van der Waals surface area contributed by atoms with Gasteiger partial charge in [-0.2, -0.15) is 48.3 Å². The molecule has 2 amide bonds. The molecular weight excluding hydrogens is 339 g/mol. The fourth-order valence-corrected chi connectivity index (χ4v) is 1.58. The molecule has 0 aromatic carbocycles. The monoisotopic (exact) mass is 339 g/mol. The molecule has 1 heterocycles. The van der Waals surface area contributed by atoms with Crippen LogP contribution >= 0.6 is 0 Å². The topological polar surface area (TPSA) is 37.4 Å². The SMILES string of the molecule is O=C1N(C(C(F)(F)F)(C(F)(F)F)C(F)(F)F)C(=O)C1(F)F. The van der Waals surface area contributed by atoms with Gasteiger partial charge in [-0.25, -0.2) is 4.90 Å². The summed E-state index contributed by atoms with van der Waals surface area (Å²) in [6.45, 7) is 0. The number of hydrogen-bond acceptors (Lipinski definition) is 2. The predicted octanol–water partition coefficient (Wildman–Crippen LogP) is 2.42. The lowest BCUT2D eigenvalue weighted by Crippen LogP contribution is -2.85. The number of carbonyl (C=O) groups excluding carboxylic acids is 2. The van der Waals surface area contributed by atoms with Crippen molar-refractivity contribution in [3.05, 3.63) is 0 Å². The van der Waals surface area contributed by atoms with Gasteiger partial charge in [0.25, 0.3) is 0 Å². The lowest BCUT2D eigenvalue weighted by molar-refractivity contribution is -0.416. The van der Waals surface area contributed by atoms with E-state index in [2.05, 4.69) is 0 Å². The molecule has 0 spiro atoms. The predicted molar refractivity (Wildman–Crippen MR) is 37.7 cm³/mol. The van der Waals surface area contributed by atoms with E-state index in [1.165, 1.54) is 0 Å². The number of nitrogens with zero attached hydrogens (tertiary/aromatic N) is 1. The maximum atomic E-state index is 12.4. The van der Waals surface area contributed by atoms with Gasteiger partial charge in [-0.15, -0.1) is 0 Å². The Morgan fingerprint density at radius 3 is 1.10 bits per heavy atom. The van der Waals surface area contributed by atoms with Gasteiger partial charge in [0, 0.05) is 0 Å². The first-order chi connectivity index (χ1) is 8.94. The molecule has 21 heavy (non-hydrogen) atoms. The van der Waals surface area contributed by atoms with Crippen LogP contribution < -0.4 is 0 Å². The van der Waals surface area contributed by atoms with Crippen molar-refractivity contribution >= 4 is 11.8 Å². The maximum absolute atomic E-state index is 12.4. The summed E-state index contributed by atoms with van der Waals surface area (Å²) in [6.07, 6.45) is -21.9. The Morgan fingerprint density at radius 1 is 0.667 bits per heavy atom. The van der Waals surface area contributed by atoms with Crippen molar-refractivity contribution in [1.29, 1.82) is 0 Å². The van der Waals surface area contributed by atoms with Crippen LogP contribution in [0.15, 0.2) is 0 Å². The molecule has 0 radical (unpaired) electrons. The summed E-state index contributed by atoms with van der Waals surface area (Å²) >= 11 is 0. The zero-order chi connectivity index (χ0) is 17.2. The molecule has 0 unspecified atom stereocenters. The van der Waals surface area contributed by atoms with Crippen molar-refractivity contribution < 1.29 is 57.9 Å². The molecule has 14 heteroatoms. The minimum atomic E-state index is -7.31. The molecule has 0 atom stereocenters. The summed E-state index contributed by atoms with van der Waals surface area (Å²) in [4.78, 5) is 18.5. The summed E-state index contributed by atoms with van der Waals surface area (Å²) in [6, 6.07) is 0. The zero-order valence-corrected chi connectivity index (χ0v) is 8.92. The van der Waals surface area contributed by atoms with Gasteiger partial charge in [0.05, 0.1) is 0 Å². The highest BCUT2D eigenvalue weighted by atomic mass is 19.4. The number of likely N-dealkylation sites (tertiary alicyclic amines) is 1. The highest BCUT2D eigenvalue weighted by molar-refractivity contribution is 6.23. The molecule has 3 nitrogen and oxygen atoms in total. The summed E-state index contributed by atoms with van der Waals surface area (Å²) in [7, 11) is 0. The number of amides is 2. The van der Waals surface area contributed by atoms with E-state index in [4.69, 9.17) is 0 Å². The molecule has 0 aromatic heterocycles. The number of hydrogen-bond donors (Lipinski definition) is 0. The van der Waals surface area contributed by atoms with Gasteiger partial charge in [0.1, 0.15) is 0 Å². The Hall–Kier alpha value is -1.63. The summed E-state index contributed by atoms with van der Waals surface area (Å²) in [5.74, 6) is -12.5. The van der Waals surface area contributed by atoms with E-state index >= 15 is 0 Å². The number of halogens is 11. The van der Waals surface area contributed by atoms with Crippen molar-refractivity contribution in [2.75, 3.05) is 0 Å². The Bertz CT molecular complexity index is 430. The highest BCUT2D eigenvalue weighted by Gasteiger charge is 2.92. The Morgan fingerprint density at radius 2 is 0.905 bits per heavy atom. The zero-order valence-electron chi connectivity index (χ0n) is 8.92. The van der Waals surface area contributed by atoms with Crippen LogP contribution in [-0.2, 0) is 9.59 Å². The van der Waals surface area contributed by atoms with E-state index in [-0.39, 0.29) is 0 Å². The number of imide groups is 1. The van der Waals surface area contributed by atoms with Gasteiger partial charge in [0.2, 0.25) is 0 Å². The van der Waals surface area contributed by atoms with Gasteiger partial charge in [-0.3, -0.25) is 9.59 Å². The molecule has 1 aliphatic heterocycles. The third-order valence-electron chi connectivity index (χ3n) is 2.51. The van der Waals surface area contributed by atoms with Gasteiger partial charge in [0.15, 0.2) is 0 Å². The second-order valence-corrected chi connectivity index (χ2v) is 3.72. The Kier molecular flexibility index (Phi) is 3.29. The van der Waals surface area contributed by atoms with Crippen LogP contribution in [0.4, 0.5) is 48.3 Å².